The van der Waals surface area contributed by atoms with Crippen molar-refractivity contribution in [3.63, 3.8) is 0 Å². The van der Waals surface area contributed by atoms with Crippen molar-refractivity contribution in [2.45, 2.75) is 65.2 Å². The molecule has 1 rings (SSSR count). The van der Waals surface area contributed by atoms with Gasteiger partial charge in [-0.3, -0.25) is 0 Å². The molecule has 0 spiro atoms. The third-order valence-electron chi connectivity index (χ3n) is 3.36. The molecule has 1 N–H and O–H groups in total. The summed E-state index contributed by atoms with van der Waals surface area (Å²) in [5, 5.41) is 12.0. The smallest absolute Gasteiger partial charge is 0.192 e. The fraction of sp³-hybridized carbons (Fsp3) is 0.667. The Labute approximate surface area is 115 Å². The maximum absolute atomic E-state index is 11.5. The van der Waals surface area contributed by atoms with Crippen LogP contribution in [0.1, 0.15) is 69.2 Å². The van der Waals surface area contributed by atoms with Gasteiger partial charge in [0.05, 0.1) is 10.6 Å². The summed E-state index contributed by atoms with van der Waals surface area (Å²) >= 11 is 0. The molecule has 104 valence electrons. The number of nitriles is 1. The Balaban J connectivity index is 2.93. The van der Waals surface area contributed by atoms with Crippen molar-refractivity contribution in [3.8, 4) is 6.07 Å². The molecule has 0 bridgehead atoms. The van der Waals surface area contributed by atoms with Crippen molar-refractivity contribution in [2.75, 3.05) is 0 Å². The Morgan fingerprint density at radius 2 is 1.79 bits per heavy atom. The van der Waals surface area contributed by atoms with Crippen LogP contribution in [0.2, 0.25) is 0 Å². The van der Waals surface area contributed by atoms with Crippen molar-refractivity contribution in [1.82, 2.24) is 5.10 Å². The molecule has 0 aliphatic rings. The zero-order chi connectivity index (χ0) is 14.1. The second-order valence-electron chi connectivity index (χ2n) is 4.96. The minimum atomic E-state index is 0.524. The lowest BCUT2D eigenvalue weighted by Gasteiger charge is -2.07. The first-order chi connectivity index (χ1) is 9.22. The molecular formula is C15H24N3O+. The molecule has 1 aromatic heterocycles. The molecule has 0 amide bonds. The predicted molar refractivity (Wildman–Crippen MR) is 75.3 cm³/mol. The lowest BCUT2D eigenvalue weighted by Crippen LogP contribution is -2.23. The van der Waals surface area contributed by atoms with Gasteiger partial charge in [-0.2, -0.15) is 5.26 Å². The van der Waals surface area contributed by atoms with Gasteiger partial charge in [0.1, 0.15) is 11.6 Å². The number of nitrogens with zero attached hydrogens (tertiary/aromatic N) is 2. The third-order valence-corrected chi connectivity index (χ3v) is 3.36. The van der Waals surface area contributed by atoms with Crippen LogP contribution in [0.5, 0.6) is 0 Å². The summed E-state index contributed by atoms with van der Waals surface area (Å²) in [6, 6.07) is 2.15. The second-order valence-corrected chi connectivity index (χ2v) is 4.96. The van der Waals surface area contributed by atoms with Crippen LogP contribution in [0.4, 0.5) is 0 Å². The molecule has 4 nitrogen and oxygen atoms in total. The van der Waals surface area contributed by atoms with Crippen molar-refractivity contribution < 1.29 is 4.54 Å². The highest BCUT2D eigenvalue weighted by molar-refractivity contribution is 5.36. The highest BCUT2D eigenvalue weighted by Gasteiger charge is 2.14. The van der Waals surface area contributed by atoms with Crippen LogP contribution in [0, 0.1) is 16.2 Å². The molecule has 0 aliphatic heterocycles. The van der Waals surface area contributed by atoms with E-state index in [1.807, 2.05) is 0 Å². The molecular weight excluding hydrogens is 238 g/mol. The van der Waals surface area contributed by atoms with Crippen LogP contribution in [-0.2, 0) is 12.8 Å². The molecule has 0 radical (unpaired) electrons. The standard InChI is InChI=1S/C15H24N3O/c1-3-5-7-9-14-13(11-16)12-18(19)17-15(14)10-8-6-4-2/h12H,3-10H2,1-2H3,(H,17,19)/q+1. The van der Waals surface area contributed by atoms with E-state index < -0.39 is 0 Å². The summed E-state index contributed by atoms with van der Waals surface area (Å²) in [6.07, 6.45) is 9.84. The molecule has 0 aliphatic carbocycles. The van der Waals surface area contributed by atoms with Gasteiger partial charge in [-0.05, 0) is 25.7 Å². The fourth-order valence-corrected chi connectivity index (χ4v) is 2.28. The second kappa shape index (κ2) is 8.47. The zero-order valence-corrected chi connectivity index (χ0v) is 12.0. The Morgan fingerprint density at radius 1 is 1.16 bits per heavy atom. The number of aryl methyl sites for hydroxylation is 1. The summed E-state index contributed by atoms with van der Waals surface area (Å²) in [7, 11) is 0. The molecule has 19 heavy (non-hydrogen) atoms. The van der Waals surface area contributed by atoms with Gasteiger partial charge in [0.15, 0.2) is 4.54 Å². The van der Waals surface area contributed by atoms with Gasteiger partial charge in [-0.25, -0.2) is 0 Å². The number of H-pyrrole nitrogens is 1. The van der Waals surface area contributed by atoms with Crippen molar-refractivity contribution in [2.24, 2.45) is 0 Å². The van der Waals surface area contributed by atoms with E-state index in [-0.39, 0.29) is 0 Å². The Kier molecular flexibility index (Phi) is 6.88. The van der Waals surface area contributed by atoms with Gasteiger partial charge >= 0.3 is 0 Å². The van der Waals surface area contributed by atoms with Crippen LogP contribution in [-0.4, -0.2) is 5.10 Å². The van der Waals surface area contributed by atoms with E-state index >= 15 is 0 Å². The monoisotopic (exact) mass is 262 g/mol. The summed E-state index contributed by atoms with van der Waals surface area (Å²) in [4.78, 5) is 11.5. The first-order valence-electron chi connectivity index (χ1n) is 7.30. The number of hydrogen-bond acceptors (Lipinski definition) is 2. The van der Waals surface area contributed by atoms with Crippen LogP contribution in [0.25, 0.3) is 0 Å². The van der Waals surface area contributed by atoms with E-state index in [2.05, 4.69) is 25.0 Å². The number of rotatable bonds is 8. The maximum atomic E-state index is 11.5. The fourth-order valence-electron chi connectivity index (χ4n) is 2.28. The van der Waals surface area contributed by atoms with Gasteiger partial charge in [-0.1, -0.05) is 39.5 Å². The van der Waals surface area contributed by atoms with Crippen LogP contribution >= 0.6 is 0 Å². The molecule has 0 unspecified atom stereocenters. The average molecular weight is 262 g/mol. The van der Waals surface area contributed by atoms with Crippen LogP contribution in [0.3, 0.4) is 0 Å². The molecule has 1 aromatic rings. The van der Waals surface area contributed by atoms with E-state index in [1.165, 1.54) is 6.20 Å². The number of unbranched alkanes of at least 4 members (excludes halogenated alkanes) is 4. The van der Waals surface area contributed by atoms with E-state index in [1.54, 1.807) is 0 Å². The Morgan fingerprint density at radius 3 is 2.37 bits per heavy atom. The van der Waals surface area contributed by atoms with E-state index in [4.69, 9.17) is 0 Å². The molecule has 1 heterocycles. The normalized spacial score (nSPS) is 10.4. The lowest BCUT2D eigenvalue weighted by atomic mass is 9.99. The molecule has 4 heteroatoms. The zero-order valence-electron chi connectivity index (χ0n) is 12.0. The van der Waals surface area contributed by atoms with Gasteiger partial charge in [0.25, 0.3) is 6.20 Å². The van der Waals surface area contributed by atoms with Gasteiger partial charge in [0, 0.05) is 5.56 Å². The van der Waals surface area contributed by atoms with Crippen molar-refractivity contribution in [3.05, 3.63) is 27.9 Å². The Bertz CT molecular complexity index is 485. The molecule has 0 saturated heterocycles. The highest BCUT2D eigenvalue weighted by atomic mass is 16.3. The number of aromatic amines is 1. The average Bonchev–Trinajstić information content (AvgIpc) is 2.41. The number of aromatic nitrogens is 2. The first-order valence-corrected chi connectivity index (χ1v) is 7.30. The largest absolute Gasteiger partial charge is 0.275 e. The maximum Gasteiger partial charge on any atom is 0.275 e. The van der Waals surface area contributed by atoms with Gasteiger partial charge < -0.3 is 0 Å². The van der Waals surface area contributed by atoms with E-state index in [0.29, 0.717) is 10.1 Å². The van der Waals surface area contributed by atoms with Gasteiger partial charge in [0.2, 0.25) is 0 Å². The minimum absolute atomic E-state index is 0.524. The van der Waals surface area contributed by atoms with Gasteiger partial charge in [-0.15, -0.1) is 5.10 Å². The summed E-state index contributed by atoms with van der Waals surface area (Å²) in [5.74, 6) is 0. The topological polar surface area (TPSA) is 62.6 Å². The SMILES string of the molecule is CCCCCc1[nH][n+](=O)cc(C#N)c1CCCCC. The summed E-state index contributed by atoms with van der Waals surface area (Å²) in [5.41, 5.74) is 2.51. The Hall–Kier alpha value is -1.63. The van der Waals surface area contributed by atoms with Crippen molar-refractivity contribution >= 4 is 0 Å². The lowest BCUT2D eigenvalue weighted by molar-refractivity contribution is -0.565. The van der Waals surface area contributed by atoms with E-state index in [0.717, 1.165) is 62.6 Å². The molecule has 0 fully saturated rings. The molecule has 0 aromatic carbocycles. The molecule has 0 saturated carbocycles. The number of hydrogen-bond donors (Lipinski definition) is 1. The van der Waals surface area contributed by atoms with Crippen molar-refractivity contribution in [1.29, 1.82) is 5.26 Å². The summed E-state index contributed by atoms with van der Waals surface area (Å²) in [6.45, 7) is 4.32. The first kappa shape index (κ1) is 15.4. The molecule has 0 atom stereocenters. The minimum Gasteiger partial charge on any atom is -0.192 e. The number of nitrogens with one attached hydrogen (secondary N) is 1. The van der Waals surface area contributed by atoms with Crippen LogP contribution < -0.4 is 4.54 Å². The highest BCUT2D eigenvalue weighted by Crippen LogP contribution is 2.16. The van der Waals surface area contributed by atoms with Crippen LogP contribution in [0.15, 0.2) is 6.20 Å². The summed E-state index contributed by atoms with van der Waals surface area (Å²) < 4.78 is 0.656. The third kappa shape index (κ3) is 4.86. The quantitative estimate of drug-likeness (QED) is 0.577. The van der Waals surface area contributed by atoms with E-state index in [9.17, 15) is 10.2 Å². The predicted octanol–water partition coefficient (Wildman–Crippen LogP) is 3.27.